The third kappa shape index (κ3) is 4.63. The molecule has 0 saturated carbocycles. The molecule has 0 unspecified atom stereocenters. The molecule has 5 nitrogen and oxygen atoms in total. The van der Waals surface area contributed by atoms with E-state index in [1.54, 1.807) is 0 Å². The highest BCUT2D eigenvalue weighted by atomic mass is 16.1. The zero-order valence-electron chi connectivity index (χ0n) is 5.33. The van der Waals surface area contributed by atoms with Crippen LogP contribution in [-0.4, -0.2) is 11.8 Å². The predicted octanol–water partition coefficient (Wildman–Crippen LogP) is -1.81. The van der Waals surface area contributed by atoms with Gasteiger partial charge in [-0.1, -0.05) is 0 Å². The van der Waals surface area contributed by atoms with Crippen molar-refractivity contribution in [2.24, 2.45) is 17.2 Å². The minimum atomic E-state index is -0.682. The van der Waals surface area contributed by atoms with E-state index in [-0.39, 0.29) is 12.1 Å². The van der Waals surface area contributed by atoms with E-state index in [1.165, 1.54) is 0 Å². The Morgan fingerprint density at radius 2 is 1.70 bits per heavy atom. The first kappa shape index (κ1) is 8.48. The van der Waals surface area contributed by atoms with Crippen LogP contribution in [0.15, 0.2) is 11.8 Å². The topological polar surface area (TPSA) is 112 Å². The molecule has 0 rings (SSSR count). The van der Waals surface area contributed by atoms with E-state index >= 15 is 0 Å². The maximum atomic E-state index is 10.1. The monoisotopic (exact) mass is 143 g/mol. The summed E-state index contributed by atoms with van der Waals surface area (Å²) in [7, 11) is 0. The van der Waals surface area contributed by atoms with Crippen LogP contribution in [0, 0.1) is 0 Å². The van der Waals surface area contributed by atoms with Gasteiger partial charge in [0.2, 0.25) is 11.8 Å². The molecule has 0 radical (unpaired) electrons. The number of rotatable bonds is 3. The summed E-state index contributed by atoms with van der Waals surface area (Å²) in [5.41, 5.74) is 14.7. The van der Waals surface area contributed by atoms with Crippen molar-refractivity contribution in [3.8, 4) is 0 Å². The maximum Gasteiger partial charge on any atom is 0.243 e. The van der Waals surface area contributed by atoms with Crippen LogP contribution in [0.2, 0.25) is 0 Å². The highest BCUT2D eigenvalue weighted by Crippen LogP contribution is 1.88. The van der Waals surface area contributed by atoms with Crippen molar-refractivity contribution in [3.63, 3.8) is 0 Å². The number of carbonyl (C=O) groups excluding carboxylic acids is 2. The summed E-state index contributed by atoms with van der Waals surface area (Å²) in [5, 5.41) is 0. The molecule has 0 fully saturated rings. The van der Waals surface area contributed by atoms with Gasteiger partial charge in [0.25, 0.3) is 0 Å². The first-order chi connectivity index (χ1) is 4.52. The number of hydrogen-bond acceptors (Lipinski definition) is 3. The Hall–Kier alpha value is -1.52. The van der Waals surface area contributed by atoms with Crippen molar-refractivity contribution >= 4 is 11.8 Å². The van der Waals surface area contributed by atoms with E-state index in [0.29, 0.717) is 0 Å². The second-order valence-electron chi connectivity index (χ2n) is 1.76. The predicted molar refractivity (Wildman–Crippen MR) is 35.3 cm³/mol. The molecule has 0 heterocycles. The van der Waals surface area contributed by atoms with Gasteiger partial charge in [-0.15, -0.1) is 0 Å². The molecule has 0 aromatic rings. The molecule has 10 heavy (non-hydrogen) atoms. The number of amides is 2. The summed E-state index contributed by atoms with van der Waals surface area (Å²) in [4.78, 5) is 20.2. The summed E-state index contributed by atoms with van der Waals surface area (Å²) in [5.74, 6) is -1.27. The highest BCUT2D eigenvalue weighted by molar-refractivity contribution is 5.87. The van der Waals surface area contributed by atoms with E-state index < -0.39 is 11.8 Å². The fraction of sp³-hybridized carbons (Fsp3) is 0.200. The van der Waals surface area contributed by atoms with Crippen LogP contribution < -0.4 is 17.2 Å². The zero-order valence-corrected chi connectivity index (χ0v) is 5.33. The maximum absolute atomic E-state index is 10.1. The normalized spacial score (nSPS) is 11.0. The standard InChI is InChI=1S/C5H9N3O2/c6-3(1-4(7)9)2-5(8)10/h1H,2,6H2,(H2,7,9)(H2,8,10)/b3-1-. The van der Waals surface area contributed by atoms with Crippen molar-refractivity contribution < 1.29 is 9.59 Å². The Kier molecular flexibility index (Phi) is 2.96. The van der Waals surface area contributed by atoms with Gasteiger partial charge in [0.15, 0.2) is 0 Å². The average molecular weight is 143 g/mol. The van der Waals surface area contributed by atoms with Gasteiger partial charge in [0, 0.05) is 11.8 Å². The minimum Gasteiger partial charge on any atom is -0.401 e. The van der Waals surface area contributed by atoms with Crippen molar-refractivity contribution in [1.29, 1.82) is 0 Å². The molecule has 6 N–H and O–H groups in total. The van der Waals surface area contributed by atoms with Crippen LogP contribution >= 0.6 is 0 Å². The molecule has 0 aliphatic carbocycles. The molecule has 0 spiro atoms. The quantitative estimate of drug-likeness (QED) is 0.404. The van der Waals surface area contributed by atoms with Gasteiger partial charge in [-0.3, -0.25) is 9.59 Å². The second-order valence-corrected chi connectivity index (χ2v) is 1.76. The van der Waals surface area contributed by atoms with E-state index in [1.807, 2.05) is 0 Å². The summed E-state index contributed by atoms with van der Waals surface area (Å²) >= 11 is 0. The number of carbonyl (C=O) groups is 2. The van der Waals surface area contributed by atoms with E-state index in [2.05, 4.69) is 0 Å². The summed E-state index contributed by atoms with van der Waals surface area (Å²) < 4.78 is 0. The molecule has 0 aliphatic heterocycles. The lowest BCUT2D eigenvalue weighted by Gasteiger charge is -1.93. The lowest BCUT2D eigenvalue weighted by atomic mass is 10.3. The van der Waals surface area contributed by atoms with Crippen molar-refractivity contribution in [2.45, 2.75) is 6.42 Å². The molecule has 0 bridgehead atoms. The lowest BCUT2D eigenvalue weighted by Crippen LogP contribution is -2.17. The molecule has 0 aliphatic rings. The first-order valence-corrected chi connectivity index (χ1v) is 2.56. The molecule has 2 amide bonds. The first-order valence-electron chi connectivity index (χ1n) is 2.56. The van der Waals surface area contributed by atoms with Crippen LogP contribution in [-0.2, 0) is 9.59 Å². The lowest BCUT2D eigenvalue weighted by molar-refractivity contribution is -0.117. The number of primary amides is 2. The molecule has 0 aromatic heterocycles. The summed E-state index contributed by atoms with van der Waals surface area (Å²) in [6, 6.07) is 0. The van der Waals surface area contributed by atoms with Gasteiger partial charge in [0.05, 0.1) is 6.42 Å². The fourth-order valence-electron chi connectivity index (χ4n) is 0.435. The van der Waals surface area contributed by atoms with Gasteiger partial charge >= 0.3 is 0 Å². The SMILES string of the molecule is NC(=O)/C=C(\N)CC(N)=O. The van der Waals surface area contributed by atoms with Gasteiger partial charge in [-0.05, 0) is 0 Å². The molecule has 0 atom stereocenters. The average Bonchev–Trinajstić information content (AvgIpc) is 1.58. The zero-order chi connectivity index (χ0) is 8.15. The van der Waals surface area contributed by atoms with Gasteiger partial charge in [-0.2, -0.15) is 0 Å². The summed E-state index contributed by atoms with van der Waals surface area (Å²) in [6.45, 7) is 0. The van der Waals surface area contributed by atoms with Crippen LogP contribution in [0.25, 0.3) is 0 Å². The number of nitrogens with two attached hydrogens (primary N) is 3. The molecule has 5 heteroatoms. The van der Waals surface area contributed by atoms with Gasteiger partial charge in [-0.25, -0.2) is 0 Å². The minimum absolute atomic E-state index is 0.0833. The Morgan fingerprint density at radius 3 is 2.00 bits per heavy atom. The largest absolute Gasteiger partial charge is 0.401 e. The Balaban J connectivity index is 3.95. The van der Waals surface area contributed by atoms with Crippen molar-refractivity contribution in [1.82, 2.24) is 0 Å². The van der Waals surface area contributed by atoms with Crippen LogP contribution in [0.4, 0.5) is 0 Å². The van der Waals surface area contributed by atoms with Gasteiger partial charge < -0.3 is 17.2 Å². The molecule has 0 aromatic carbocycles. The molecular weight excluding hydrogens is 134 g/mol. The van der Waals surface area contributed by atoms with Gasteiger partial charge in [0.1, 0.15) is 0 Å². The fourth-order valence-corrected chi connectivity index (χ4v) is 0.435. The molecule has 56 valence electrons. The smallest absolute Gasteiger partial charge is 0.243 e. The Morgan fingerprint density at radius 1 is 1.20 bits per heavy atom. The molecular formula is C5H9N3O2. The van der Waals surface area contributed by atoms with Crippen LogP contribution in [0.1, 0.15) is 6.42 Å². The second kappa shape index (κ2) is 3.49. The summed E-state index contributed by atoms with van der Waals surface area (Å²) in [6.07, 6.45) is 0.827. The Labute approximate surface area is 57.9 Å². The van der Waals surface area contributed by atoms with E-state index in [4.69, 9.17) is 17.2 Å². The van der Waals surface area contributed by atoms with Crippen molar-refractivity contribution in [3.05, 3.63) is 11.8 Å². The van der Waals surface area contributed by atoms with Crippen LogP contribution in [0.5, 0.6) is 0 Å². The highest BCUT2D eigenvalue weighted by Gasteiger charge is 1.97. The molecule has 0 saturated heterocycles. The number of hydrogen-bond donors (Lipinski definition) is 3. The van der Waals surface area contributed by atoms with E-state index in [0.717, 1.165) is 6.08 Å². The Bertz CT molecular complexity index is 185. The van der Waals surface area contributed by atoms with E-state index in [9.17, 15) is 9.59 Å². The third-order valence-corrected chi connectivity index (χ3v) is 0.706. The third-order valence-electron chi connectivity index (χ3n) is 0.706. The van der Waals surface area contributed by atoms with Crippen LogP contribution in [0.3, 0.4) is 0 Å². The van der Waals surface area contributed by atoms with Crippen molar-refractivity contribution in [2.75, 3.05) is 0 Å².